The van der Waals surface area contributed by atoms with Gasteiger partial charge in [0.2, 0.25) is 0 Å². The topological polar surface area (TPSA) is 111 Å². The van der Waals surface area contributed by atoms with E-state index in [1.165, 1.54) is 19.1 Å². The van der Waals surface area contributed by atoms with Crippen LogP contribution >= 0.6 is 0 Å². The number of hydrogen-bond donors (Lipinski definition) is 2. The van der Waals surface area contributed by atoms with Crippen molar-refractivity contribution in [3.8, 4) is 0 Å². The first-order valence-corrected chi connectivity index (χ1v) is 8.42. The highest BCUT2D eigenvalue weighted by Crippen LogP contribution is 2.25. The number of carbonyl (C=O) groups is 2. The fourth-order valence-electron chi connectivity index (χ4n) is 2.37. The maximum Gasteiger partial charge on any atom is 0.339 e. The van der Waals surface area contributed by atoms with Crippen molar-refractivity contribution >= 4 is 28.9 Å². The number of rotatable bonds is 7. The molecule has 0 aliphatic rings. The summed E-state index contributed by atoms with van der Waals surface area (Å²) in [5.74, 6) is -1.31. The SMILES string of the molecule is CCc1ccc(NC(=O)[C@H](C)OC(=O)c2ccc(NC)c([N+](=O)[O-])c2)cc1. The summed E-state index contributed by atoms with van der Waals surface area (Å²) in [6.07, 6.45) is -0.174. The molecule has 0 fully saturated rings. The van der Waals surface area contributed by atoms with Crippen molar-refractivity contribution in [3.63, 3.8) is 0 Å². The molecular weight excluding hydrogens is 350 g/mol. The van der Waals surface area contributed by atoms with Gasteiger partial charge >= 0.3 is 5.97 Å². The number of carbonyl (C=O) groups excluding carboxylic acids is 2. The molecule has 8 nitrogen and oxygen atoms in total. The number of nitrogens with one attached hydrogen (secondary N) is 2. The van der Waals surface area contributed by atoms with Gasteiger partial charge < -0.3 is 15.4 Å². The molecule has 0 aliphatic carbocycles. The maximum atomic E-state index is 12.2. The molecule has 0 radical (unpaired) electrons. The molecular formula is C19H21N3O5. The third-order valence-corrected chi connectivity index (χ3v) is 3.98. The molecule has 0 spiro atoms. The monoisotopic (exact) mass is 371 g/mol. The smallest absolute Gasteiger partial charge is 0.339 e. The lowest BCUT2D eigenvalue weighted by Crippen LogP contribution is -2.30. The highest BCUT2D eigenvalue weighted by Gasteiger charge is 2.22. The molecule has 0 saturated heterocycles. The van der Waals surface area contributed by atoms with Crippen LogP contribution in [0.15, 0.2) is 42.5 Å². The highest BCUT2D eigenvalue weighted by atomic mass is 16.6. The second-order valence-electron chi connectivity index (χ2n) is 5.83. The zero-order valence-corrected chi connectivity index (χ0v) is 15.3. The van der Waals surface area contributed by atoms with Crippen molar-refractivity contribution in [3.05, 3.63) is 63.7 Å². The number of hydrogen-bond acceptors (Lipinski definition) is 6. The summed E-state index contributed by atoms with van der Waals surface area (Å²) < 4.78 is 5.13. The van der Waals surface area contributed by atoms with Gasteiger partial charge in [-0.05, 0) is 43.2 Å². The first kappa shape index (κ1) is 19.9. The molecule has 0 bridgehead atoms. The Bertz CT molecular complexity index is 849. The van der Waals surface area contributed by atoms with E-state index in [1.807, 2.05) is 19.1 Å². The lowest BCUT2D eigenvalue weighted by molar-refractivity contribution is -0.384. The molecule has 2 N–H and O–H groups in total. The highest BCUT2D eigenvalue weighted by molar-refractivity contribution is 5.97. The summed E-state index contributed by atoms with van der Waals surface area (Å²) in [6, 6.07) is 11.3. The Labute approximate surface area is 156 Å². The van der Waals surface area contributed by atoms with Gasteiger partial charge in [0.05, 0.1) is 10.5 Å². The lowest BCUT2D eigenvalue weighted by atomic mass is 10.1. The second-order valence-corrected chi connectivity index (χ2v) is 5.83. The lowest BCUT2D eigenvalue weighted by Gasteiger charge is -2.14. The van der Waals surface area contributed by atoms with Crippen LogP contribution in [-0.4, -0.2) is 30.0 Å². The maximum absolute atomic E-state index is 12.2. The van der Waals surface area contributed by atoms with Crippen LogP contribution in [0.2, 0.25) is 0 Å². The van der Waals surface area contributed by atoms with Crippen molar-refractivity contribution < 1.29 is 19.2 Å². The second kappa shape index (κ2) is 8.79. The van der Waals surface area contributed by atoms with Gasteiger partial charge in [-0.2, -0.15) is 0 Å². The number of nitro benzene ring substituents is 1. The number of ether oxygens (including phenoxy) is 1. The average Bonchev–Trinajstić information content (AvgIpc) is 2.67. The summed E-state index contributed by atoms with van der Waals surface area (Å²) in [7, 11) is 1.54. The van der Waals surface area contributed by atoms with Crippen LogP contribution in [0.1, 0.15) is 29.8 Å². The molecule has 142 valence electrons. The van der Waals surface area contributed by atoms with Crippen LogP contribution in [-0.2, 0) is 16.0 Å². The van der Waals surface area contributed by atoms with Crippen molar-refractivity contribution in [2.24, 2.45) is 0 Å². The first-order valence-electron chi connectivity index (χ1n) is 8.42. The molecule has 27 heavy (non-hydrogen) atoms. The molecule has 0 unspecified atom stereocenters. The van der Waals surface area contributed by atoms with E-state index in [0.717, 1.165) is 18.1 Å². The normalized spacial score (nSPS) is 11.4. The molecule has 0 saturated carbocycles. The minimum atomic E-state index is -1.06. The molecule has 2 aromatic carbocycles. The van der Waals surface area contributed by atoms with Crippen LogP contribution in [0.5, 0.6) is 0 Å². The fraction of sp³-hybridized carbons (Fsp3) is 0.263. The number of amides is 1. The molecule has 0 aliphatic heterocycles. The molecule has 8 heteroatoms. The third kappa shape index (κ3) is 5.04. The predicted molar refractivity (Wildman–Crippen MR) is 102 cm³/mol. The standard InChI is InChI=1S/C19H21N3O5/c1-4-13-5-8-15(9-6-13)21-18(23)12(2)27-19(24)14-7-10-16(20-3)17(11-14)22(25)26/h5-12,20H,4H2,1-3H3,(H,21,23)/t12-/m0/s1. The van der Waals surface area contributed by atoms with Crippen LogP contribution in [0, 0.1) is 10.1 Å². The average molecular weight is 371 g/mol. The number of nitro groups is 1. The van der Waals surface area contributed by atoms with Crippen molar-refractivity contribution in [2.45, 2.75) is 26.4 Å². The van der Waals surface area contributed by atoms with Crippen molar-refractivity contribution in [1.29, 1.82) is 0 Å². The largest absolute Gasteiger partial charge is 0.449 e. The molecule has 2 aromatic rings. The van der Waals surface area contributed by atoms with E-state index in [4.69, 9.17) is 4.74 Å². The van der Waals surface area contributed by atoms with Gasteiger partial charge in [-0.25, -0.2) is 4.79 Å². The van der Waals surface area contributed by atoms with Crippen molar-refractivity contribution in [2.75, 3.05) is 17.7 Å². The van der Waals surface area contributed by atoms with Crippen LogP contribution in [0.3, 0.4) is 0 Å². The first-order chi connectivity index (χ1) is 12.8. The zero-order chi connectivity index (χ0) is 20.0. The van der Waals surface area contributed by atoms with Gasteiger partial charge in [0, 0.05) is 18.8 Å². The van der Waals surface area contributed by atoms with E-state index in [-0.39, 0.29) is 16.9 Å². The van der Waals surface area contributed by atoms with Crippen LogP contribution < -0.4 is 10.6 Å². The molecule has 1 atom stereocenters. The predicted octanol–water partition coefficient (Wildman–Crippen LogP) is 3.38. The Morgan fingerprint density at radius 2 is 1.85 bits per heavy atom. The Morgan fingerprint density at radius 1 is 1.19 bits per heavy atom. The fourth-order valence-corrected chi connectivity index (χ4v) is 2.37. The van der Waals surface area contributed by atoms with E-state index in [2.05, 4.69) is 10.6 Å². The molecule has 1 amide bonds. The Balaban J connectivity index is 2.04. The van der Waals surface area contributed by atoms with E-state index in [9.17, 15) is 19.7 Å². The summed E-state index contributed by atoms with van der Waals surface area (Å²) >= 11 is 0. The minimum absolute atomic E-state index is 0.00681. The number of esters is 1. The van der Waals surface area contributed by atoms with E-state index >= 15 is 0 Å². The van der Waals surface area contributed by atoms with Crippen LogP contribution in [0.4, 0.5) is 17.1 Å². The van der Waals surface area contributed by atoms with Crippen molar-refractivity contribution in [1.82, 2.24) is 0 Å². The molecule has 0 aromatic heterocycles. The van der Waals surface area contributed by atoms with Gasteiger partial charge in [0.25, 0.3) is 11.6 Å². The quantitative estimate of drug-likeness (QED) is 0.438. The summed E-state index contributed by atoms with van der Waals surface area (Å²) in [6.45, 7) is 3.46. The van der Waals surface area contributed by atoms with Crippen LogP contribution in [0.25, 0.3) is 0 Å². The summed E-state index contributed by atoms with van der Waals surface area (Å²) in [5.41, 5.74) is 1.75. The van der Waals surface area contributed by atoms with Gasteiger partial charge in [-0.3, -0.25) is 14.9 Å². The van der Waals surface area contributed by atoms with Gasteiger partial charge in [0.1, 0.15) is 5.69 Å². The number of anilines is 2. The number of aryl methyl sites for hydroxylation is 1. The minimum Gasteiger partial charge on any atom is -0.449 e. The number of nitrogens with zero attached hydrogens (tertiary/aromatic N) is 1. The Morgan fingerprint density at radius 3 is 2.41 bits per heavy atom. The zero-order valence-electron chi connectivity index (χ0n) is 15.3. The third-order valence-electron chi connectivity index (χ3n) is 3.98. The van der Waals surface area contributed by atoms with Gasteiger partial charge in [-0.1, -0.05) is 19.1 Å². The summed E-state index contributed by atoms with van der Waals surface area (Å²) in [5, 5.41) is 16.4. The van der Waals surface area contributed by atoms with Gasteiger partial charge in [0.15, 0.2) is 6.10 Å². The Hall–Kier alpha value is -3.42. The molecule has 0 heterocycles. The van der Waals surface area contributed by atoms with Gasteiger partial charge in [-0.15, -0.1) is 0 Å². The number of benzene rings is 2. The summed E-state index contributed by atoms with van der Waals surface area (Å²) in [4.78, 5) is 34.9. The van der Waals surface area contributed by atoms with E-state index < -0.39 is 22.9 Å². The van der Waals surface area contributed by atoms with E-state index in [1.54, 1.807) is 19.2 Å². The Kier molecular flexibility index (Phi) is 6.48. The van der Waals surface area contributed by atoms with E-state index in [0.29, 0.717) is 5.69 Å². The molecule has 2 rings (SSSR count).